The predicted octanol–water partition coefficient (Wildman–Crippen LogP) is 4.67. The topological polar surface area (TPSA) is 62.6 Å². The molecular formula is C23H24N2O3. The first-order valence-corrected chi connectivity index (χ1v) is 9.26. The van der Waals surface area contributed by atoms with Crippen LogP contribution < -0.4 is 5.32 Å². The average molecular weight is 376 g/mol. The van der Waals surface area contributed by atoms with E-state index in [1.165, 1.54) is 11.8 Å². The molecule has 1 heterocycles. The molecule has 3 rings (SSSR count). The van der Waals surface area contributed by atoms with Crippen molar-refractivity contribution in [2.75, 3.05) is 12.4 Å². The van der Waals surface area contributed by atoms with Crippen LogP contribution in [0.2, 0.25) is 0 Å². The average Bonchev–Trinajstić information content (AvgIpc) is 3.24. The standard InChI is InChI=1S/C23H24N2O3/c1-4-17-8-10-18(11-9-17)15-25(3)23(27)19-12-7-16(2)20(14-19)24-22(26)21-6-5-13-28-21/h5-14H,4,15H2,1-3H3,(H,24,26). The molecule has 5 heteroatoms. The molecule has 0 saturated carbocycles. The molecule has 0 bridgehead atoms. The summed E-state index contributed by atoms with van der Waals surface area (Å²) in [5.41, 5.74) is 4.33. The minimum Gasteiger partial charge on any atom is -0.459 e. The van der Waals surface area contributed by atoms with Gasteiger partial charge < -0.3 is 14.6 Å². The maximum Gasteiger partial charge on any atom is 0.291 e. The van der Waals surface area contributed by atoms with Gasteiger partial charge in [0.25, 0.3) is 11.8 Å². The molecule has 1 N–H and O–H groups in total. The third-order valence-corrected chi connectivity index (χ3v) is 4.68. The number of aryl methyl sites for hydroxylation is 2. The van der Waals surface area contributed by atoms with Crippen molar-refractivity contribution in [3.8, 4) is 0 Å². The second-order valence-electron chi connectivity index (χ2n) is 6.79. The summed E-state index contributed by atoms with van der Waals surface area (Å²) in [7, 11) is 1.77. The lowest BCUT2D eigenvalue weighted by atomic mass is 10.1. The number of nitrogens with one attached hydrogen (secondary N) is 1. The van der Waals surface area contributed by atoms with Crippen molar-refractivity contribution in [3.63, 3.8) is 0 Å². The summed E-state index contributed by atoms with van der Waals surface area (Å²) in [6.07, 6.45) is 2.44. The van der Waals surface area contributed by atoms with E-state index >= 15 is 0 Å². The van der Waals surface area contributed by atoms with E-state index in [0.717, 1.165) is 17.5 Å². The van der Waals surface area contributed by atoms with E-state index in [0.29, 0.717) is 17.8 Å². The molecule has 3 aromatic rings. The van der Waals surface area contributed by atoms with Crippen molar-refractivity contribution < 1.29 is 14.0 Å². The molecule has 28 heavy (non-hydrogen) atoms. The second-order valence-corrected chi connectivity index (χ2v) is 6.79. The van der Waals surface area contributed by atoms with E-state index < -0.39 is 0 Å². The Labute approximate surface area is 165 Å². The van der Waals surface area contributed by atoms with Gasteiger partial charge in [-0.05, 0) is 54.3 Å². The Balaban J connectivity index is 1.72. The van der Waals surface area contributed by atoms with Gasteiger partial charge in [0.2, 0.25) is 0 Å². The van der Waals surface area contributed by atoms with Crippen LogP contribution in [0.4, 0.5) is 5.69 Å². The number of anilines is 1. The molecule has 144 valence electrons. The van der Waals surface area contributed by atoms with Crippen LogP contribution in [0.1, 0.15) is 44.5 Å². The number of hydrogen-bond acceptors (Lipinski definition) is 3. The SMILES string of the molecule is CCc1ccc(CN(C)C(=O)c2ccc(C)c(NC(=O)c3ccco3)c2)cc1. The molecule has 0 saturated heterocycles. The number of amides is 2. The van der Waals surface area contributed by atoms with Gasteiger partial charge in [-0.15, -0.1) is 0 Å². The maximum absolute atomic E-state index is 12.8. The Hall–Kier alpha value is -3.34. The van der Waals surface area contributed by atoms with Crippen LogP contribution in [0.5, 0.6) is 0 Å². The minimum atomic E-state index is -0.345. The van der Waals surface area contributed by atoms with Gasteiger partial charge in [0.15, 0.2) is 5.76 Å². The molecule has 1 aromatic heterocycles. The highest BCUT2D eigenvalue weighted by Crippen LogP contribution is 2.20. The van der Waals surface area contributed by atoms with Crippen LogP contribution in [0.3, 0.4) is 0 Å². The van der Waals surface area contributed by atoms with E-state index in [-0.39, 0.29) is 17.6 Å². The first kappa shape index (κ1) is 19.4. The second kappa shape index (κ2) is 8.57. The fourth-order valence-electron chi connectivity index (χ4n) is 2.93. The van der Waals surface area contributed by atoms with Crippen LogP contribution in [-0.4, -0.2) is 23.8 Å². The van der Waals surface area contributed by atoms with Crippen LogP contribution in [0.25, 0.3) is 0 Å². The summed E-state index contributed by atoms with van der Waals surface area (Å²) in [5, 5.41) is 2.81. The summed E-state index contributed by atoms with van der Waals surface area (Å²) in [4.78, 5) is 26.8. The van der Waals surface area contributed by atoms with Crippen molar-refractivity contribution in [3.05, 3.63) is 88.9 Å². The third-order valence-electron chi connectivity index (χ3n) is 4.68. The maximum atomic E-state index is 12.8. The van der Waals surface area contributed by atoms with Crippen LogP contribution in [0.15, 0.2) is 65.3 Å². The Kier molecular flexibility index (Phi) is 5.94. The Morgan fingerprint density at radius 3 is 2.39 bits per heavy atom. The number of carbonyl (C=O) groups is 2. The summed E-state index contributed by atoms with van der Waals surface area (Å²) < 4.78 is 5.12. The van der Waals surface area contributed by atoms with Crippen molar-refractivity contribution >= 4 is 17.5 Å². The predicted molar refractivity (Wildman–Crippen MR) is 109 cm³/mol. The first-order valence-electron chi connectivity index (χ1n) is 9.26. The molecule has 0 aliphatic carbocycles. The van der Waals surface area contributed by atoms with Crippen LogP contribution in [0, 0.1) is 6.92 Å². The molecule has 5 nitrogen and oxygen atoms in total. The van der Waals surface area contributed by atoms with E-state index in [9.17, 15) is 9.59 Å². The third kappa shape index (κ3) is 4.49. The van der Waals surface area contributed by atoms with E-state index in [1.54, 1.807) is 36.2 Å². The lowest BCUT2D eigenvalue weighted by Gasteiger charge is -2.18. The zero-order chi connectivity index (χ0) is 20.1. The van der Waals surface area contributed by atoms with Crippen molar-refractivity contribution in [1.29, 1.82) is 0 Å². The van der Waals surface area contributed by atoms with Crippen LogP contribution in [-0.2, 0) is 13.0 Å². The monoisotopic (exact) mass is 376 g/mol. The van der Waals surface area contributed by atoms with Gasteiger partial charge in [-0.3, -0.25) is 9.59 Å². The smallest absolute Gasteiger partial charge is 0.291 e. The molecule has 0 radical (unpaired) electrons. The molecule has 2 aromatic carbocycles. The summed E-state index contributed by atoms with van der Waals surface area (Å²) in [6, 6.07) is 16.8. The zero-order valence-electron chi connectivity index (χ0n) is 16.4. The lowest BCUT2D eigenvalue weighted by molar-refractivity contribution is 0.0784. The number of nitrogens with zero attached hydrogens (tertiary/aromatic N) is 1. The highest BCUT2D eigenvalue weighted by atomic mass is 16.3. The Morgan fingerprint density at radius 2 is 1.75 bits per heavy atom. The zero-order valence-corrected chi connectivity index (χ0v) is 16.4. The normalized spacial score (nSPS) is 10.5. The van der Waals surface area contributed by atoms with Gasteiger partial charge in [-0.25, -0.2) is 0 Å². The molecule has 0 spiro atoms. The van der Waals surface area contributed by atoms with Gasteiger partial charge >= 0.3 is 0 Å². The van der Waals surface area contributed by atoms with Crippen LogP contribution >= 0.6 is 0 Å². The summed E-state index contributed by atoms with van der Waals surface area (Å²) >= 11 is 0. The van der Waals surface area contributed by atoms with Crippen molar-refractivity contribution in [2.24, 2.45) is 0 Å². The molecular weight excluding hydrogens is 352 g/mol. The Morgan fingerprint density at radius 1 is 1.04 bits per heavy atom. The number of hydrogen-bond donors (Lipinski definition) is 1. The van der Waals surface area contributed by atoms with E-state index in [1.807, 2.05) is 25.1 Å². The highest BCUT2D eigenvalue weighted by Gasteiger charge is 2.16. The molecule has 0 atom stereocenters. The summed E-state index contributed by atoms with van der Waals surface area (Å²) in [5.74, 6) is -0.223. The molecule has 0 aliphatic heterocycles. The van der Waals surface area contributed by atoms with Gasteiger partial charge in [0.1, 0.15) is 0 Å². The molecule has 2 amide bonds. The quantitative estimate of drug-likeness (QED) is 0.680. The number of benzene rings is 2. The van der Waals surface area contributed by atoms with Gasteiger partial charge in [-0.1, -0.05) is 37.3 Å². The van der Waals surface area contributed by atoms with Crippen molar-refractivity contribution in [2.45, 2.75) is 26.8 Å². The van der Waals surface area contributed by atoms with E-state index in [4.69, 9.17) is 4.42 Å². The number of rotatable bonds is 6. The van der Waals surface area contributed by atoms with Gasteiger partial charge in [0.05, 0.1) is 6.26 Å². The number of furan rings is 1. The summed E-state index contributed by atoms with van der Waals surface area (Å²) in [6.45, 7) is 4.51. The molecule has 0 aliphatic rings. The fraction of sp³-hybridized carbons (Fsp3) is 0.217. The van der Waals surface area contributed by atoms with Crippen molar-refractivity contribution in [1.82, 2.24) is 4.90 Å². The first-order chi connectivity index (χ1) is 13.5. The minimum absolute atomic E-state index is 0.104. The largest absolute Gasteiger partial charge is 0.459 e. The molecule has 0 unspecified atom stereocenters. The Bertz CT molecular complexity index is 960. The van der Waals surface area contributed by atoms with Gasteiger partial charge in [-0.2, -0.15) is 0 Å². The lowest BCUT2D eigenvalue weighted by Crippen LogP contribution is -2.26. The fourth-order valence-corrected chi connectivity index (χ4v) is 2.93. The molecule has 0 fully saturated rings. The highest BCUT2D eigenvalue weighted by molar-refractivity contribution is 6.03. The van der Waals surface area contributed by atoms with Gasteiger partial charge in [0, 0.05) is 24.8 Å². The number of carbonyl (C=O) groups excluding carboxylic acids is 2. The van der Waals surface area contributed by atoms with E-state index in [2.05, 4.69) is 24.4 Å².